The van der Waals surface area contributed by atoms with Gasteiger partial charge in [-0.3, -0.25) is 10.2 Å². The normalized spacial score (nSPS) is 16.8. The molecule has 0 aromatic heterocycles. The highest BCUT2D eigenvalue weighted by molar-refractivity contribution is 8.26. The topological polar surface area (TPSA) is 87.3 Å². The molecule has 1 amide bonds. The summed E-state index contributed by atoms with van der Waals surface area (Å²) < 4.78 is 11.7. The van der Waals surface area contributed by atoms with Gasteiger partial charge in [0, 0.05) is 10.6 Å². The Morgan fingerprint density at radius 3 is 2.51 bits per heavy atom. The average Bonchev–Trinajstić information content (AvgIpc) is 3.23. The number of fused-ring (bicyclic) bond motifs is 1. The van der Waals surface area contributed by atoms with Crippen molar-refractivity contribution in [3.05, 3.63) is 64.2 Å². The number of aliphatic imine (C=N–C) groups is 1. The molecule has 0 atom stereocenters. The molecule has 0 bridgehead atoms. The lowest BCUT2D eigenvalue weighted by molar-refractivity contribution is -0.114. The van der Waals surface area contributed by atoms with E-state index in [1.54, 1.807) is 24.3 Å². The molecule has 7 nitrogen and oxygen atoms in total. The van der Waals surface area contributed by atoms with Crippen LogP contribution in [0.1, 0.15) is 45.2 Å². The predicted octanol–water partition coefficient (Wildman–Crippen LogP) is 6.12. The third kappa shape index (κ3) is 5.77. The summed E-state index contributed by atoms with van der Waals surface area (Å²) in [7, 11) is 0. The first-order valence-corrected chi connectivity index (χ1v) is 12.5. The van der Waals surface area contributed by atoms with Gasteiger partial charge in [0.25, 0.3) is 5.91 Å². The van der Waals surface area contributed by atoms with E-state index < -0.39 is 5.91 Å². The van der Waals surface area contributed by atoms with Gasteiger partial charge in [-0.1, -0.05) is 51.4 Å². The molecule has 1 N–H and O–H groups in total. The Kier molecular flexibility index (Phi) is 7.33. The fourth-order valence-electron chi connectivity index (χ4n) is 3.46. The highest BCUT2D eigenvalue weighted by Crippen LogP contribution is 2.31. The van der Waals surface area contributed by atoms with Crippen LogP contribution < -0.4 is 9.47 Å². The molecule has 9 heteroatoms. The highest BCUT2D eigenvalue weighted by atomic mass is 35.5. The van der Waals surface area contributed by atoms with Crippen LogP contribution in [0.4, 0.5) is 0 Å². The predicted molar refractivity (Wildman–Crippen MR) is 143 cm³/mol. The number of ether oxygens (including phenoxy) is 2. The van der Waals surface area contributed by atoms with Crippen LogP contribution in [0.2, 0.25) is 5.02 Å². The van der Waals surface area contributed by atoms with Crippen molar-refractivity contribution in [2.75, 3.05) is 13.2 Å². The molecule has 2 aromatic rings. The minimum absolute atomic E-state index is 0.0242. The molecule has 0 unspecified atom stereocenters. The number of halogens is 1. The van der Waals surface area contributed by atoms with Gasteiger partial charge in [0.15, 0.2) is 5.84 Å². The maximum atomic E-state index is 12.7. The van der Waals surface area contributed by atoms with Gasteiger partial charge in [-0.15, -0.1) is 0 Å². The lowest BCUT2D eigenvalue weighted by Gasteiger charge is -2.20. The number of hydrogen-bond acceptors (Lipinski definition) is 6. The highest BCUT2D eigenvalue weighted by Gasteiger charge is 2.35. The fraction of sp³-hybridized carbons (Fsp3) is 0.308. The van der Waals surface area contributed by atoms with Gasteiger partial charge in [-0.25, -0.2) is 0 Å². The summed E-state index contributed by atoms with van der Waals surface area (Å²) in [6.07, 6.45) is 2.28. The summed E-state index contributed by atoms with van der Waals surface area (Å²) in [5.41, 5.74) is 2.02. The van der Waals surface area contributed by atoms with Gasteiger partial charge >= 0.3 is 0 Å². The number of hydrazone groups is 1. The molecule has 182 valence electrons. The standard InChI is InChI=1S/C26H27ClN4O3S/c1-5-22-30-31-23(28)20(24(32)29-25(31)35-22)15-16-14-18(27)8-11-21(16)34-13-12-33-19-9-6-17(7-10-19)26(2,3)4/h6-11,14-15,28H,5,12-13H2,1-4H3. The van der Waals surface area contributed by atoms with Crippen LogP contribution in [0, 0.1) is 5.41 Å². The zero-order chi connectivity index (χ0) is 25.2. The third-order valence-corrected chi connectivity index (χ3v) is 6.69. The van der Waals surface area contributed by atoms with Crippen molar-refractivity contribution in [1.29, 1.82) is 5.41 Å². The second-order valence-electron chi connectivity index (χ2n) is 9.02. The fourth-order valence-corrected chi connectivity index (χ4v) is 4.46. The van der Waals surface area contributed by atoms with E-state index in [0.29, 0.717) is 41.1 Å². The van der Waals surface area contributed by atoms with Gasteiger partial charge < -0.3 is 9.47 Å². The number of thioether (sulfide) groups is 1. The van der Waals surface area contributed by atoms with Crippen molar-refractivity contribution < 1.29 is 14.3 Å². The van der Waals surface area contributed by atoms with Crippen molar-refractivity contribution in [2.24, 2.45) is 10.1 Å². The number of amidine groups is 2. The summed E-state index contributed by atoms with van der Waals surface area (Å²) in [4.78, 5) is 16.8. The zero-order valence-electron chi connectivity index (χ0n) is 20.1. The lowest BCUT2D eigenvalue weighted by Crippen LogP contribution is -2.35. The molecule has 4 rings (SSSR count). The summed E-state index contributed by atoms with van der Waals surface area (Å²) in [5, 5.41) is 16.0. The summed E-state index contributed by atoms with van der Waals surface area (Å²) in [5.74, 6) is 0.779. The molecule has 0 saturated carbocycles. The van der Waals surface area contributed by atoms with Gasteiger partial charge in [0.2, 0.25) is 5.17 Å². The molecule has 2 aliphatic rings. The maximum absolute atomic E-state index is 12.7. The average molecular weight is 511 g/mol. The first kappa shape index (κ1) is 25.0. The summed E-state index contributed by atoms with van der Waals surface area (Å²) in [6.45, 7) is 9.11. The molecule has 35 heavy (non-hydrogen) atoms. The monoisotopic (exact) mass is 510 g/mol. The molecular weight excluding hydrogens is 484 g/mol. The van der Waals surface area contributed by atoms with Crippen LogP contribution in [0.5, 0.6) is 11.5 Å². The number of nitrogens with zero attached hydrogens (tertiary/aromatic N) is 3. The van der Waals surface area contributed by atoms with Crippen molar-refractivity contribution >= 4 is 51.4 Å². The molecule has 0 radical (unpaired) electrons. The molecule has 2 heterocycles. The van der Waals surface area contributed by atoms with Crippen LogP contribution in [-0.2, 0) is 10.2 Å². The number of benzene rings is 2. The van der Waals surface area contributed by atoms with Crippen molar-refractivity contribution in [2.45, 2.75) is 39.5 Å². The van der Waals surface area contributed by atoms with E-state index in [4.69, 9.17) is 26.5 Å². The molecule has 2 aromatic carbocycles. The van der Waals surface area contributed by atoms with E-state index in [9.17, 15) is 4.79 Å². The van der Waals surface area contributed by atoms with E-state index in [1.165, 1.54) is 22.3 Å². The Hall–Kier alpha value is -3.10. The second kappa shape index (κ2) is 10.3. The molecular formula is C26H27ClN4O3S. The third-order valence-electron chi connectivity index (χ3n) is 5.40. The van der Waals surface area contributed by atoms with Gasteiger partial charge in [0.1, 0.15) is 29.8 Å². The number of carbonyl (C=O) groups is 1. The smallest absolute Gasteiger partial charge is 0.283 e. The molecule has 0 spiro atoms. The Bertz CT molecular complexity index is 1250. The van der Waals surface area contributed by atoms with Gasteiger partial charge in [-0.2, -0.15) is 15.1 Å². The van der Waals surface area contributed by atoms with E-state index in [2.05, 4.69) is 43.0 Å². The minimum atomic E-state index is -0.491. The number of hydrogen-bond donors (Lipinski definition) is 1. The van der Waals surface area contributed by atoms with Crippen LogP contribution in [0.3, 0.4) is 0 Å². The SMILES string of the molecule is CCC1=NN2C(=N)C(=Cc3cc(Cl)ccc3OCCOc3ccc(C(C)(C)C)cc3)C(=O)N=C2S1. The van der Waals surface area contributed by atoms with Crippen molar-refractivity contribution in [3.63, 3.8) is 0 Å². The van der Waals surface area contributed by atoms with Crippen LogP contribution >= 0.6 is 23.4 Å². The van der Waals surface area contributed by atoms with Crippen LogP contribution in [0.25, 0.3) is 6.08 Å². The Labute approximate surface area is 214 Å². The summed E-state index contributed by atoms with van der Waals surface area (Å²) in [6, 6.07) is 13.2. The number of carbonyl (C=O) groups excluding carboxylic acids is 1. The second-order valence-corrected chi connectivity index (χ2v) is 10.5. The lowest BCUT2D eigenvalue weighted by atomic mass is 9.87. The molecule has 0 fully saturated rings. The molecule has 0 aliphatic carbocycles. The zero-order valence-corrected chi connectivity index (χ0v) is 21.7. The van der Waals surface area contributed by atoms with E-state index in [1.807, 2.05) is 19.1 Å². The Balaban J connectivity index is 1.45. The molecule has 2 aliphatic heterocycles. The number of amides is 1. The number of rotatable bonds is 7. The quantitative estimate of drug-likeness (QED) is 0.358. The first-order chi connectivity index (χ1) is 16.7. The van der Waals surface area contributed by atoms with Crippen molar-refractivity contribution in [3.8, 4) is 11.5 Å². The van der Waals surface area contributed by atoms with Crippen LogP contribution in [0.15, 0.2) is 58.1 Å². The Morgan fingerprint density at radius 1 is 1.11 bits per heavy atom. The molecule has 0 saturated heterocycles. The number of nitrogens with one attached hydrogen (secondary N) is 1. The first-order valence-electron chi connectivity index (χ1n) is 11.3. The summed E-state index contributed by atoms with van der Waals surface area (Å²) >= 11 is 7.52. The van der Waals surface area contributed by atoms with Crippen molar-refractivity contribution in [1.82, 2.24) is 5.01 Å². The van der Waals surface area contributed by atoms with Gasteiger partial charge in [0.05, 0.1) is 5.57 Å². The Morgan fingerprint density at radius 2 is 1.83 bits per heavy atom. The van der Waals surface area contributed by atoms with E-state index in [0.717, 1.165) is 10.8 Å². The van der Waals surface area contributed by atoms with Crippen LogP contribution in [-0.4, -0.2) is 40.2 Å². The largest absolute Gasteiger partial charge is 0.490 e. The minimum Gasteiger partial charge on any atom is -0.490 e. The maximum Gasteiger partial charge on any atom is 0.283 e. The van der Waals surface area contributed by atoms with Gasteiger partial charge in [-0.05, 0) is 65.6 Å². The van der Waals surface area contributed by atoms with E-state index >= 15 is 0 Å². The van der Waals surface area contributed by atoms with E-state index in [-0.39, 0.29) is 16.8 Å².